The molecule has 1 aromatic rings. The highest BCUT2D eigenvalue weighted by Crippen LogP contribution is 2.37. The molecule has 1 fully saturated rings. The summed E-state index contributed by atoms with van der Waals surface area (Å²) in [5.74, 6) is 1.03. The number of nitrogens with zero attached hydrogens (tertiary/aromatic N) is 1. The maximum absolute atomic E-state index is 4.67. The number of hydrogen-bond donors (Lipinski definition) is 1. The first kappa shape index (κ1) is 15.9. The molecule has 0 saturated heterocycles. The molecule has 0 bridgehead atoms. The number of hydrogen-bond acceptors (Lipinski definition) is 3. The van der Waals surface area contributed by atoms with Crippen molar-refractivity contribution in [3.8, 4) is 0 Å². The lowest BCUT2D eigenvalue weighted by atomic mass is 9.82. The van der Waals surface area contributed by atoms with Gasteiger partial charge in [-0.05, 0) is 53.1 Å². The van der Waals surface area contributed by atoms with E-state index in [-0.39, 0.29) is 0 Å². The lowest BCUT2D eigenvalue weighted by Crippen LogP contribution is -2.36. The summed E-state index contributed by atoms with van der Waals surface area (Å²) in [5.41, 5.74) is 0.447. The zero-order valence-corrected chi connectivity index (χ0v) is 15.0. The van der Waals surface area contributed by atoms with Crippen molar-refractivity contribution in [1.82, 2.24) is 4.90 Å². The molecule has 0 aliphatic heterocycles. The van der Waals surface area contributed by atoms with Crippen molar-refractivity contribution < 1.29 is 0 Å². The average Bonchev–Trinajstić information content (AvgIpc) is 2.65. The summed E-state index contributed by atoms with van der Waals surface area (Å²) in [6, 6.07) is 2.24. The van der Waals surface area contributed by atoms with Crippen molar-refractivity contribution in [2.24, 2.45) is 5.41 Å². The van der Waals surface area contributed by atoms with Crippen LogP contribution < -0.4 is 0 Å². The standard InChI is InChI=1S/C15H24BrNS2/c1-17(9-14-8-13(16)10-19-14)11-15(12-18)6-4-2-3-5-7-15/h8,10,18H,2-7,9,11-12H2,1H3. The van der Waals surface area contributed by atoms with E-state index in [0.717, 1.165) is 12.3 Å². The van der Waals surface area contributed by atoms with Crippen LogP contribution in [0.2, 0.25) is 0 Å². The van der Waals surface area contributed by atoms with Gasteiger partial charge in [0.05, 0.1) is 0 Å². The highest BCUT2D eigenvalue weighted by atomic mass is 79.9. The molecule has 1 heterocycles. The Balaban J connectivity index is 1.93. The van der Waals surface area contributed by atoms with Gasteiger partial charge in [-0.15, -0.1) is 11.3 Å². The molecule has 2 rings (SSSR count). The Labute approximate surface area is 135 Å². The second-order valence-electron chi connectivity index (χ2n) is 5.98. The molecule has 0 spiro atoms. The van der Waals surface area contributed by atoms with Crippen molar-refractivity contribution in [3.05, 3.63) is 20.8 Å². The van der Waals surface area contributed by atoms with E-state index in [1.54, 1.807) is 0 Å². The quantitative estimate of drug-likeness (QED) is 0.556. The smallest absolute Gasteiger partial charge is 0.0325 e. The summed E-state index contributed by atoms with van der Waals surface area (Å²) in [7, 11) is 2.25. The highest BCUT2D eigenvalue weighted by molar-refractivity contribution is 9.10. The molecule has 1 aliphatic carbocycles. The van der Waals surface area contributed by atoms with Gasteiger partial charge in [0.25, 0.3) is 0 Å². The summed E-state index contributed by atoms with van der Waals surface area (Å²) < 4.78 is 1.21. The molecule has 0 N–H and O–H groups in total. The molecule has 19 heavy (non-hydrogen) atoms. The molecule has 0 unspecified atom stereocenters. The van der Waals surface area contributed by atoms with Crippen molar-refractivity contribution in [2.75, 3.05) is 19.3 Å². The number of thiophene rings is 1. The first-order valence-electron chi connectivity index (χ1n) is 7.16. The predicted octanol–water partition coefficient (Wildman–Crippen LogP) is 5.21. The largest absolute Gasteiger partial charge is 0.301 e. The Hall–Kier alpha value is 0.490. The Morgan fingerprint density at radius 2 is 2.00 bits per heavy atom. The lowest BCUT2D eigenvalue weighted by molar-refractivity contribution is 0.171. The predicted molar refractivity (Wildman–Crippen MR) is 92.3 cm³/mol. The first-order valence-corrected chi connectivity index (χ1v) is 9.46. The average molecular weight is 362 g/mol. The van der Waals surface area contributed by atoms with E-state index in [1.165, 1.54) is 54.4 Å². The Morgan fingerprint density at radius 3 is 2.53 bits per heavy atom. The molecule has 0 aromatic carbocycles. The van der Waals surface area contributed by atoms with Crippen LogP contribution in [0.5, 0.6) is 0 Å². The molecule has 1 aromatic heterocycles. The molecule has 0 amide bonds. The van der Waals surface area contributed by atoms with E-state index in [2.05, 4.69) is 52.0 Å². The summed E-state index contributed by atoms with van der Waals surface area (Å²) in [4.78, 5) is 3.93. The minimum absolute atomic E-state index is 0.447. The highest BCUT2D eigenvalue weighted by Gasteiger charge is 2.30. The van der Waals surface area contributed by atoms with Crippen LogP contribution in [0.25, 0.3) is 0 Å². The van der Waals surface area contributed by atoms with Gasteiger partial charge in [0.15, 0.2) is 0 Å². The third-order valence-corrected chi connectivity index (χ3v) is 6.51. The summed E-state index contributed by atoms with van der Waals surface area (Å²) >= 11 is 10.0. The fourth-order valence-electron chi connectivity index (χ4n) is 3.18. The van der Waals surface area contributed by atoms with Gasteiger partial charge in [-0.2, -0.15) is 12.6 Å². The van der Waals surface area contributed by atoms with E-state index in [4.69, 9.17) is 0 Å². The van der Waals surface area contributed by atoms with Crippen molar-refractivity contribution in [2.45, 2.75) is 45.1 Å². The molecule has 108 valence electrons. The fourth-order valence-corrected chi connectivity index (χ4v) is 5.12. The summed E-state index contributed by atoms with van der Waals surface area (Å²) in [6.07, 6.45) is 8.32. The van der Waals surface area contributed by atoms with Crippen LogP contribution in [-0.4, -0.2) is 24.2 Å². The number of halogens is 1. The van der Waals surface area contributed by atoms with Crippen molar-refractivity contribution >= 4 is 39.9 Å². The van der Waals surface area contributed by atoms with E-state index in [1.807, 2.05) is 11.3 Å². The zero-order chi connectivity index (χ0) is 13.7. The van der Waals surface area contributed by atoms with Gasteiger partial charge in [-0.1, -0.05) is 25.7 Å². The van der Waals surface area contributed by atoms with Crippen LogP contribution in [0.15, 0.2) is 15.9 Å². The van der Waals surface area contributed by atoms with Gasteiger partial charge in [0.2, 0.25) is 0 Å². The maximum Gasteiger partial charge on any atom is 0.0325 e. The van der Waals surface area contributed by atoms with Crippen LogP contribution >= 0.6 is 39.9 Å². The summed E-state index contributed by atoms with van der Waals surface area (Å²) in [5, 5.41) is 2.17. The molecule has 0 atom stereocenters. The topological polar surface area (TPSA) is 3.24 Å². The van der Waals surface area contributed by atoms with Gasteiger partial charge < -0.3 is 4.90 Å². The van der Waals surface area contributed by atoms with E-state index in [0.29, 0.717) is 5.41 Å². The second-order valence-corrected chi connectivity index (χ2v) is 8.20. The second kappa shape index (κ2) is 7.48. The van der Waals surface area contributed by atoms with Crippen LogP contribution in [0.4, 0.5) is 0 Å². The minimum Gasteiger partial charge on any atom is -0.301 e. The fraction of sp³-hybridized carbons (Fsp3) is 0.733. The molecule has 0 radical (unpaired) electrons. The Morgan fingerprint density at radius 1 is 1.32 bits per heavy atom. The van der Waals surface area contributed by atoms with Gasteiger partial charge in [0, 0.05) is 27.8 Å². The monoisotopic (exact) mass is 361 g/mol. The van der Waals surface area contributed by atoms with Crippen LogP contribution in [0, 0.1) is 5.41 Å². The third-order valence-electron chi connectivity index (χ3n) is 4.15. The molecule has 4 heteroatoms. The van der Waals surface area contributed by atoms with E-state index >= 15 is 0 Å². The normalized spacial score (nSPS) is 19.6. The molecular formula is C15H24BrNS2. The molecule has 1 nitrogen and oxygen atoms in total. The van der Waals surface area contributed by atoms with Crippen molar-refractivity contribution in [3.63, 3.8) is 0 Å². The molecule has 1 saturated carbocycles. The first-order chi connectivity index (χ1) is 9.13. The van der Waals surface area contributed by atoms with Gasteiger partial charge >= 0.3 is 0 Å². The van der Waals surface area contributed by atoms with Crippen molar-refractivity contribution in [1.29, 1.82) is 0 Å². The number of thiol groups is 1. The Bertz CT molecular complexity index is 383. The Kier molecular flexibility index (Phi) is 6.25. The maximum atomic E-state index is 4.67. The minimum atomic E-state index is 0.447. The van der Waals surface area contributed by atoms with Crippen LogP contribution in [-0.2, 0) is 6.54 Å². The number of rotatable bonds is 5. The summed E-state index contributed by atoms with van der Waals surface area (Å²) in [6.45, 7) is 2.25. The van der Waals surface area contributed by atoms with Gasteiger partial charge in [-0.25, -0.2) is 0 Å². The zero-order valence-electron chi connectivity index (χ0n) is 11.7. The van der Waals surface area contributed by atoms with E-state index < -0.39 is 0 Å². The lowest BCUT2D eigenvalue weighted by Gasteiger charge is -2.35. The third kappa shape index (κ3) is 4.76. The van der Waals surface area contributed by atoms with Gasteiger partial charge in [-0.3, -0.25) is 0 Å². The van der Waals surface area contributed by atoms with Crippen LogP contribution in [0.3, 0.4) is 0 Å². The molecular weight excluding hydrogens is 338 g/mol. The molecule has 1 aliphatic rings. The SMILES string of the molecule is CN(Cc1cc(Br)cs1)CC1(CS)CCCCCC1. The van der Waals surface area contributed by atoms with Gasteiger partial charge in [0.1, 0.15) is 0 Å². The van der Waals surface area contributed by atoms with E-state index in [9.17, 15) is 0 Å². The van der Waals surface area contributed by atoms with Crippen LogP contribution in [0.1, 0.15) is 43.4 Å².